The lowest BCUT2D eigenvalue weighted by atomic mass is 10.1. The maximum atomic E-state index is 11.7. The fraction of sp³-hybridized carbons (Fsp3) is 0.385. The van der Waals surface area contributed by atoms with Gasteiger partial charge in [-0.2, -0.15) is 0 Å². The molecule has 0 bridgehead atoms. The number of methoxy groups -OCH3 is 1. The Balaban J connectivity index is 3.09. The lowest BCUT2D eigenvalue weighted by Gasteiger charge is -2.20. The summed E-state index contributed by atoms with van der Waals surface area (Å²) in [5, 5.41) is 20.9. The van der Waals surface area contributed by atoms with E-state index in [1.165, 1.54) is 13.2 Å². The van der Waals surface area contributed by atoms with Gasteiger partial charge < -0.3 is 19.7 Å². The van der Waals surface area contributed by atoms with E-state index in [1.807, 2.05) is 0 Å². The molecule has 0 aliphatic heterocycles. The van der Waals surface area contributed by atoms with Crippen LogP contribution in [-0.2, 0) is 4.74 Å². The molecular formula is C13H17NO6. The topological polar surface area (TPSA) is 105 Å². The van der Waals surface area contributed by atoms with Gasteiger partial charge in [0, 0.05) is 12.1 Å². The van der Waals surface area contributed by atoms with Gasteiger partial charge in [0.2, 0.25) is 0 Å². The van der Waals surface area contributed by atoms with Gasteiger partial charge in [0.25, 0.3) is 0 Å². The first kappa shape index (κ1) is 15.6. The van der Waals surface area contributed by atoms with E-state index in [-0.39, 0.29) is 22.7 Å². The van der Waals surface area contributed by atoms with E-state index in [2.05, 4.69) is 5.32 Å². The number of carbonyl (C=O) groups is 2. The number of benzene rings is 1. The Morgan fingerprint density at radius 1 is 1.25 bits per heavy atom. The third-order valence-electron chi connectivity index (χ3n) is 2.19. The third-order valence-corrected chi connectivity index (χ3v) is 2.19. The number of carboxylic acids is 1. The normalized spacial score (nSPS) is 10.8. The van der Waals surface area contributed by atoms with E-state index >= 15 is 0 Å². The SMILES string of the molecule is COc1cc(NC(=O)OC(C)(C)C)c(C(=O)O)cc1O. The summed E-state index contributed by atoms with van der Waals surface area (Å²) in [6.45, 7) is 5.05. The fourth-order valence-corrected chi connectivity index (χ4v) is 1.43. The maximum Gasteiger partial charge on any atom is 0.412 e. The molecule has 0 radical (unpaired) electrons. The van der Waals surface area contributed by atoms with Crippen molar-refractivity contribution in [1.29, 1.82) is 0 Å². The van der Waals surface area contributed by atoms with Gasteiger partial charge in [0.1, 0.15) is 5.60 Å². The molecular weight excluding hydrogens is 266 g/mol. The molecule has 0 unspecified atom stereocenters. The molecule has 1 aromatic carbocycles. The number of hydrogen-bond acceptors (Lipinski definition) is 5. The van der Waals surface area contributed by atoms with Crippen molar-refractivity contribution in [2.24, 2.45) is 0 Å². The van der Waals surface area contributed by atoms with Gasteiger partial charge in [0.05, 0.1) is 18.4 Å². The second-order valence-electron chi connectivity index (χ2n) is 5.00. The monoisotopic (exact) mass is 283 g/mol. The van der Waals surface area contributed by atoms with Crippen LogP contribution < -0.4 is 10.1 Å². The van der Waals surface area contributed by atoms with E-state index in [0.29, 0.717) is 0 Å². The number of hydrogen-bond donors (Lipinski definition) is 3. The molecule has 110 valence electrons. The number of nitrogens with one attached hydrogen (secondary N) is 1. The maximum absolute atomic E-state index is 11.7. The molecule has 1 rings (SSSR count). The first-order valence-corrected chi connectivity index (χ1v) is 5.78. The molecule has 1 amide bonds. The van der Waals surface area contributed by atoms with Crippen LogP contribution in [-0.4, -0.2) is 35.0 Å². The van der Waals surface area contributed by atoms with E-state index in [0.717, 1.165) is 6.07 Å². The highest BCUT2D eigenvalue weighted by Crippen LogP contribution is 2.32. The molecule has 1 aromatic rings. The van der Waals surface area contributed by atoms with Gasteiger partial charge in [-0.1, -0.05) is 0 Å². The second-order valence-corrected chi connectivity index (χ2v) is 5.00. The van der Waals surface area contributed by atoms with E-state index in [9.17, 15) is 14.7 Å². The van der Waals surface area contributed by atoms with Crippen LogP contribution in [0.3, 0.4) is 0 Å². The predicted octanol–water partition coefficient (Wildman–Crippen LogP) is 2.45. The van der Waals surface area contributed by atoms with Crippen molar-refractivity contribution < 1.29 is 29.3 Å². The van der Waals surface area contributed by atoms with E-state index in [1.54, 1.807) is 20.8 Å². The number of aromatic carboxylic acids is 1. The predicted molar refractivity (Wildman–Crippen MR) is 71.5 cm³/mol. The van der Waals surface area contributed by atoms with Crippen molar-refractivity contribution in [3.8, 4) is 11.5 Å². The van der Waals surface area contributed by atoms with Crippen molar-refractivity contribution >= 4 is 17.7 Å². The Hall–Kier alpha value is -2.44. The zero-order valence-electron chi connectivity index (χ0n) is 11.7. The summed E-state index contributed by atoms with van der Waals surface area (Å²) in [7, 11) is 1.31. The number of carbonyl (C=O) groups excluding carboxylic acids is 1. The average Bonchev–Trinajstić information content (AvgIpc) is 2.28. The van der Waals surface area contributed by atoms with Gasteiger partial charge in [-0.3, -0.25) is 5.32 Å². The number of ether oxygens (including phenoxy) is 2. The Morgan fingerprint density at radius 2 is 1.85 bits per heavy atom. The van der Waals surface area contributed by atoms with Crippen molar-refractivity contribution in [2.45, 2.75) is 26.4 Å². The van der Waals surface area contributed by atoms with Crippen LogP contribution in [0.15, 0.2) is 12.1 Å². The fourth-order valence-electron chi connectivity index (χ4n) is 1.43. The van der Waals surface area contributed by atoms with E-state index < -0.39 is 17.7 Å². The zero-order valence-corrected chi connectivity index (χ0v) is 11.7. The summed E-state index contributed by atoms with van der Waals surface area (Å²) >= 11 is 0. The minimum Gasteiger partial charge on any atom is -0.504 e. The molecule has 0 aliphatic carbocycles. The summed E-state index contributed by atoms with van der Waals surface area (Å²) in [4.78, 5) is 22.8. The van der Waals surface area contributed by atoms with Crippen LogP contribution in [0.2, 0.25) is 0 Å². The van der Waals surface area contributed by atoms with Crippen LogP contribution in [0.1, 0.15) is 31.1 Å². The second kappa shape index (κ2) is 5.68. The molecule has 0 heterocycles. The van der Waals surface area contributed by atoms with Gasteiger partial charge in [-0.15, -0.1) is 0 Å². The van der Waals surface area contributed by atoms with Crippen LogP contribution >= 0.6 is 0 Å². The van der Waals surface area contributed by atoms with E-state index in [4.69, 9.17) is 14.6 Å². The molecule has 0 spiro atoms. The Labute approximate surface area is 116 Å². The molecule has 7 nitrogen and oxygen atoms in total. The molecule has 3 N–H and O–H groups in total. The third kappa shape index (κ3) is 4.04. The van der Waals surface area contributed by atoms with Crippen molar-refractivity contribution in [1.82, 2.24) is 0 Å². The minimum atomic E-state index is -1.30. The average molecular weight is 283 g/mol. The molecule has 0 atom stereocenters. The summed E-state index contributed by atoms with van der Waals surface area (Å²) in [5.74, 6) is -1.59. The molecule has 7 heteroatoms. The van der Waals surface area contributed by atoms with Crippen LogP contribution in [0.25, 0.3) is 0 Å². The summed E-state index contributed by atoms with van der Waals surface area (Å²) in [6.07, 6.45) is -0.798. The highest BCUT2D eigenvalue weighted by Gasteiger charge is 2.20. The Kier molecular flexibility index (Phi) is 4.44. The van der Waals surface area contributed by atoms with Crippen LogP contribution in [0.5, 0.6) is 11.5 Å². The van der Waals surface area contributed by atoms with Crippen molar-refractivity contribution in [2.75, 3.05) is 12.4 Å². The molecule has 0 fully saturated rings. The van der Waals surface area contributed by atoms with Gasteiger partial charge in [-0.25, -0.2) is 9.59 Å². The number of phenols is 1. The minimum absolute atomic E-state index is 0.0265. The van der Waals surface area contributed by atoms with Crippen molar-refractivity contribution in [3.63, 3.8) is 0 Å². The lowest BCUT2D eigenvalue weighted by molar-refractivity contribution is 0.0636. The largest absolute Gasteiger partial charge is 0.504 e. The Morgan fingerprint density at radius 3 is 2.30 bits per heavy atom. The van der Waals surface area contributed by atoms with Crippen LogP contribution in [0.4, 0.5) is 10.5 Å². The molecule has 0 aliphatic rings. The number of phenolic OH excluding ortho intramolecular Hbond substituents is 1. The highest BCUT2D eigenvalue weighted by atomic mass is 16.6. The first-order chi connectivity index (χ1) is 9.14. The molecule has 20 heavy (non-hydrogen) atoms. The standard InChI is InChI=1S/C13H17NO6/c1-13(2,3)20-12(18)14-8-6-10(19-4)9(15)5-7(8)11(16)17/h5-6,15H,1-4H3,(H,14,18)(H,16,17). The smallest absolute Gasteiger partial charge is 0.412 e. The highest BCUT2D eigenvalue weighted by molar-refractivity contribution is 5.99. The van der Waals surface area contributed by atoms with Gasteiger partial charge >= 0.3 is 12.1 Å². The number of anilines is 1. The quantitative estimate of drug-likeness (QED) is 0.736. The van der Waals surface area contributed by atoms with Crippen molar-refractivity contribution in [3.05, 3.63) is 17.7 Å². The number of carboxylic acid groups (broad SMARTS) is 1. The first-order valence-electron chi connectivity index (χ1n) is 5.78. The molecule has 0 saturated carbocycles. The zero-order chi connectivity index (χ0) is 15.5. The number of aromatic hydroxyl groups is 1. The summed E-state index contributed by atoms with van der Waals surface area (Å²) in [6, 6.07) is 2.20. The molecule has 0 aromatic heterocycles. The number of amides is 1. The Bertz CT molecular complexity index is 532. The number of rotatable bonds is 3. The van der Waals surface area contributed by atoms with Crippen LogP contribution in [0, 0.1) is 0 Å². The van der Waals surface area contributed by atoms with Gasteiger partial charge in [-0.05, 0) is 20.8 Å². The lowest BCUT2D eigenvalue weighted by Crippen LogP contribution is -2.27. The molecule has 0 saturated heterocycles. The van der Waals surface area contributed by atoms with Gasteiger partial charge in [0.15, 0.2) is 11.5 Å². The summed E-state index contributed by atoms with van der Waals surface area (Å²) in [5.41, 5.74) is -1.01. The summed E-state index contributed by atoms with van der Waals surface area (Å²) < 4.78 is 9.90.